The minimum atomic E-state index is -0.0500. The van der Waals surface area contributed by atoms with E-state index in [0.29, 0.717) is 25.5 Å². The van der Waals surface area contributed by atoms with Crippen molar-refractivity contribution < 1.29 is 13.9 Å². The molecule has 8 heteroatoms. The first kappa shape index (κ1) is 23.1. The molecule has 1 aliphatic rings. The average Bonchev–Trinajstić information content (AvgIpc) is 3.29. The maximum Gasteiger partial charge on any atom is 0.289 e. The van der Waals surface area contributed by atoms with Gasteiger partial charge in [-0.3, -0.25) is 9.79 Å². The molecule has 0 aliphatic carbocycles. The fraction of sp³-hybridized carbons (Fsp3) is 0.429. The highest BCUT2D eigenvalue weighted by Gasteiger charge is 2.24. The van der Waals surface area contributed by atoms with Gasteiger partial charge in [0.15, 0.2) is 11.7 Å². The number of unbranched alkanes of at least 4 members (excludes halogenated alkanes) is 1. The molecule has 29 heavy (non-hydrogen) atoms. The summed E-state index contributed by atoms with van der Waals surface area (Å²) < 4.78 is 10.9. The number of para-hydroxylation sites is 1. The lowest BCUT2D eigenvalue weighted by atomic mass is 10.3. The van der Waals surface area contributed by atoms with Crippen LogP contribution in [-0.4, -0.2) is 68.0 Å². The van der Waals surface area contributed by atoms with Gasteiger partial charge >= 0.3 is 0 Å². The van der Waals surface area contributed by atoms with Crippen LogP contribution in [0.5, 0.6) is 5.75 Å². The average molecular weight is 512 g/mol. The molecule has 2 aromatic rings. The molecule has 1 fully saturated rings. The Balaban J connectivity index is 0.00000300. The Morgan fingerprint density at radius 3 is 2.45 bits per heavy atom. The zero-order valence-electron chi connectivity index (χ0n) is 16.8. The van der Waals surface area contributed by atoms with E-state index in [-0.39, 0.29) is 29.9 Å². The number of nitrogens with one attached hydrogen (secondary N) is 1. The van der Waals surface area contributed by atoms with Gasteiger partial charge in [-0.2, -0.15) is 0 Å². The molecule has 2 heterocycles. The summed E-state index contributed by atoms with van der Waals surface area (Å²) in [5, 5.41) is 3.41. The molecule has 1 N–H and O–H groups in total. The predicted molar refractivity (Wildman–Crippen MR) is 124 cm³/mol. The number of nitrogens with zero attached hydrogens (tertiary/aromatic N) is 3. The van der Waals surface area contributed by atoms with Crippen LogP contribution >= 0.6 is 24.0 Å². The molecule has 1 aromatic heterocycles. The van der Waals surface area contributed by atoms with Crippen LogP contribution in [0, 0.1) is 0 Å². The van der Waals surface area contributed by atoms with Crippen LogP contribution in [0.15, 0.2) is 58.1 Å². The monoisotopic (exact) mass is 512 g/mol. The molecule has 0 atom stereocenters. The third-order valence-corrected chi connectivity index (χ3v) is 4.68. The van der Waals surface area contributed by atoms with Gasteiger partial charge in [0.2, 0.25) is 0 Å². The van der Waals surface area contributed by atoms with Gasteiger partial charge in [0, 0.05) is 39.8 Å². The van der Waals surface area contributed by atoms with E-state index in [1.54, 1.807) is 19.2 Å². The number of ether oxygens (including phenoxy) is 1. The van der Waals surface area contributed by atoms with Crippen molar-refractivity contribution in [1.29, 1.82) is 0 Å². The normalized spacial score (nSPS) is 14.3. The summed E-state index contributed by atoms with van der Waals surface area (Å²) in [6, 6.07) is 13.3. The van der Waals surface area contributed by atoms with Crippen molar-refractivity contribution in [3.8, 4) is 5.75 Å². The molecule has 158 valence electrons. The number of halogens is 1. The zero-order valence-corrected chi connectivity index (χ0v) is 19.1. The molecule has 0 spiro atoms. The quantitative estimate of drug-likeness (QED) is 0.267. The zero-order chi connectivity index (χ0) is 19.6. The van der Waals surface area contributed by atoms with Gasteiger partial charge in [-0.05, 0) is 37.1 Å². The number of guanidine groups is 1. The van der Waals surface area contributed by atoms with E-state index in [9.17, 15) is 4.79 Å². The van der Waals surface area contributed by atoms with Crippen molar-refractivity contribution in [2.75, 3.05) is 46.4 Å². The summed E-state index contributed by atoms with van der Waals surface area (Å²) in [7, 11) is 1.79. The van der Waals surface area contributed by atoms with Gasteiger partial charge in [-0.25, -0.2) is 0 Å². The number of aliphatic imine (C=N–C) groups is 1. The van der Waals surface area contributed by atoms with E-state index in [1.165, 1.54) is 6.26 Å². The second-order valence-corrected chi connectivity index (χ2v) is 6.60. The Morgan fingerprint density at radius 1 is 1.07 bits per heavy atom. The first-order valence-electron chi connectivity index (χ1n) is 9.74. The van der Waals surface area contributed by atoms with Crippen LogP contribution in [0.4, 0.5) is 0 Å². The topological polar surface area (TPSA) is 70.3 Å². The van der Waals surface area contributed by atoms with Gasteiger partial charge in [-0.15, -0.1) is 24.0 Å². The maximum absolute atomic E-state index is 12.3. The number of furan rings is 1. The van der Waals surface area contributed by atoms with E-state index >= 15 is 0 Å². The number of hydrogen-bond donors (Lipinski definition) is 1. The number of piperazine rings is 1. The van der Waals surface area contributed by atoms with Crippen LogP contribution in [-0.2, 0) is 0 Å². The van der Waals surface area contributed by atoms with Crippen molar-refractivity contribution in [3.05, 3.63) is 54.5 Å². The molecule has 0 bridgehead atoms. The number of benzene rings is 1. The number of hydrogen-bond acceptors (Lipinski definition) is 4. The predicted octanol–water partition coefficient (Wildman–Crippen LogP) is 3.09. The Kier molecular flexibility index (Phi) is 9.82. The minimum absolute atomic E-state index is 0. The van der Waals surface area contributed by atoms with Crippen LogP contribution in [0.3, 0.4) is 0 Å². The minimum Gasteiger partial charge on any atom is -0.494 e. The lowest BCUT2D eigenvalue weighted by Crippen LogP contribution is -2.53. The lowest BCUT2D eigenvalue weighted by molar-refractivity contribution is 0.0657. The lowest BCUT2D eigenvalue weighted by Gasteiger charge is -2.36. The molecular formula is C21H29IN4O3. The Bertz CT molecular complexity index is 745. The van der Waals surface area contributed by atoms with Gasteiger partial charge in [0.25, 0.3) is 5.91 Å². The van der Waals surface area contributed by atoms with E-state index in [4.69, 9.17) is 9.15 Å². The first-order valence-corrected chi connectivity index (χ1v) is 9.74. The highest BCUT2D eigenvalue weighted by Crippen LogP contribution is 2.10. The van der Waals surface area contributed by atoms with Gasteiger partial charge in [0.1, 0.15) is 5.75 Å². The van der Waals surface area contributed by atoms with Crippen LogP contribution in [0.1, 0.15) is 23.4 Å². The molecule has 0 saturated carbocycles. The first-order chi connectivity index (χ1) is 13.8. The van der Waals surface area contributed by atoms with Crippen LogP contribution < -0.4 is 10.1 Å². The highest BCUT2D eigenvalue weighted by atomic mass is 127. The van der Waals surface area contributed by atoms with E-state index in [2.05, 4.69) is 15.2 Å². The molecular weight excluding hydrogens is 483 g/mol. The summed E-state index contributed by atoms with van der Waals surface area (Å²) >= 11 is 0. The fourth-order valence-corrected chi connectivity index (χ4v) is 3.14. The molecule has 3 rings (SSSR count). The van der Waals surface area contributed by atoms with Crippen molar-refractivity contribution in [2.24, 2.45) is 4.99 Å². The standard InChI is InChI=1S/C21H28N4O3.HI/c1-22-21(23-11-5-6-16-27-18-8-3-2-4-9-18)25-14-12-24(13-15-25)20(26)19-10-7-17-28-19;/h2-4,7-10,17H,5-6,11-16H2,1H3,(H,22,23);1H. The summed E-state index contributed by atoms with van der Waals surface area (Å²) in [4.78, 5) is 20.7. The Labute approximate surface area is 189 Å². The maximum atomic E-state index is 12.3. The summed E-state index contributed by atoms with van der Waals surface area (Å²) in [6.07, 6.45) is 3.51. The van der Waals surface area contributed by atoms with E-state index < -0.39 is 0 Å². The smallest absolute Gasteiger partial charge is 0.289 e. The summed E-state index contributed by atoms with van der Waals surface area (Å²) in [5.74, 6) is 2.14. The SMILES string of the molecule is CN=C(NCCCCOc1ccccc1)N1CCN(C(=O)c2ccco2)CC1.I. The molecule has 1 aliphatic heterocycles. The number of rotatable bonds is 7. The van der Waals surface area contributed by atoms with E-state index in [0.717, 1.165) is 44.2 Å². The van der Waals surface area contributed by atoms with Crippen molar-refractivity contribution in [1.82, 2.24) is 15.1 Å². The second kappa shape index (κ2) is 12.4. The van der Waals surface area contributed by atoms with Crippen molar-refractivity contribution in [2.45, 2.75) is 12.8 Å². The molecule has 1 amide bonds. The van der Waals surface area contributed by atoms with E-state index in [1.807, 2.05) is 35.2 Å². The van der Waals surface area contributed by atoms with Gasteiger partial charge < -0.3 is 24.3 Å². The molecule has 0 unspecified atom stereocenters. The third kappa shape index (κ3) is 6.95. The molecule has 1 aromatic carbocycles. The number of carbonyl (C=O) groups excluding carboxylic acids is 1. The number of carbonyl (C=O) groups is 1. The van der Waals surface area contributed by atoms with Gasteiger partial charge in [-0.1, -0.05) is 18.2 Å². The summed E-state index contributed by atoms with van der Waals surface area (Å²) in [6.45, 7) is 4.37. The van der Waals surface area contributed by atoms with Crippen molar-refractivity contribution in [3.63, 3.8) is 0 Å². The largest absolute Gasteiger partial charge is 0.494 e. The second-order valence-electron chi connectivity index (χ2n) is 6.60. The fourth-order valence-electron chi connectivity index (χ4n) is 3.14. The molecule has 0 radical (unpaired) electrons. The van der Waals surface area contributed by atoms with Crippen molar-refractivity contribution >= 4 is 35.8 Å². The molecule has 7 nitrogen and oxygen atoms in total. The van der Waals surface area contributed by atoms with Crippen LogP contribution in [0.25, 0.3) is 0 Å². The van der Waals surface area contributed by atoms with Gasteiger partial charge in [0.05, 0.1) is 12.9 Å². The number of amides is 1. The Morgan fingerprint density at radius 2 is 1.79 bits per heavy atom. The molecule has 1 saturated heterocycles. The summed E-state index contributed by atoms with van der Waals surface area (Å²) in [5.41, 5.74) is 0. The van der Waals surface area contributed by atoms with Crippen LogP contribution in [0.2, 0.25) is 0 Å². The highest BCUT2D eigenvalue weighted by molar-refractivity contribution is 14.0. The Hall–Kier alpha value is -2.23. The third-order valence-electron chi connectivity index (χ3n) is 4.68.